The number of imidazole rings is 1. The molecule has 1 aliphatic heterocycles. The lowest BCUT2D eigenvalue weighted by Crippen LogP contribution is -2.42. The van der Waals surface area contributed by atoms with Gasteiger partial charge in [-0.2, -0.15) is 0 Å². The number of nitrogens with one attached hydrogen (secondary N) is 1. The number of carbonyl (C=O) groups excluding carboxylic acids is 2. The van der Waals surface area contributed by atoms with Gasteiger partial charge in [0, 0.05) is 49.3 Å². The summed E-state index contributed by atoms with van der Waals surface area (Å²) < 4.78 is 10.3. The highest BCUT2D eigenvalue weighted by Gasteiger charge is 2.26. The number of hydrogen-bond acceptors (Lipinski definition) is 7. The fourth-order valence-electron chi connectivity index (χ4n) is 4.77. The molecule has 1 fully saturated rings. The van der Waals surface area contributed by atoms with Crippen molar-refractivity contribution in [3.63, 3.8) is 0 Å². The Morgan fingerprint density at radius 1 is 1.26 bits per heavy atom. The number of nitrogens with two attached hydrogens (primary N) is 1. The SMILES string of the molecule is CCn1c(CNC(=O)c2nc(CI)cnc2N)[n+](CC)c2ccc(C(=O)N(C)CCN3CCOCC3)cc21. The summed E-state index contributed by atoms with van der Waals surface area (Å²) >= 11 is 2.17. The first-order valence-electron chi connectivity index (χ1n) is 12.9. The largest absolute Gasteiger partial charge is 0.382 e. The molecule has 204 valence electrons. The summed E-state index contributed by atoms with van der Waals surface area (Å²) in [4.78, 5) is 38.8. The highest BCUT2D eigenvalue weighted by atomic mass is 127. The van der Waals surface area contributed by atoms with Crippen LogP contribution in [0.4, 0.5) is 5.82 Å². The molecule has 38 heavy (non-hydrogen) atoms. The molecule has 0 atom stereocenters. The average Bonchev–Trinajstić information content (AvgIpc) is 3.26. The third-order valence-electron chi connectivity index (χ3n) is 6.87. The molecule has 12 heteroatoms. The molecule has 0 saturated carbocycles. The Morgan fingerprint density at radius 2 is 2.03 bits per heavy atom. The molecule has 0 bridgehead atoms. The molecule has 0 unspecified atom stereocenters. The van der Waals surface area contributed by atoms with Crippen molar-refractivity contribution < 1.29 is 18.9 Å². The van der Waals surface area contributed by atoms with Crippen LogP contribution in [0, 0.1) is 0 Å². The van der Waals surface area contributed by atoms with Crippen LogP contribution in [0.5, 0.6) is 0 Å². The summed E-state index contributed by atoms with van der Waals surface area (Å²) in [5.74, 6) is 0.665. The number of rotatable bonds is 10. The van der Waals surface area contributed by atoms with E-state index in [-0.39, 0.29) is 29.9 Å². The minimum Gasteiger partial charge on any atom is -0.382 e. The van der Waals surface area contributed by atoms with Crippen molar-refractivity contribution >= 4 is 51.3 Å². The van der Waals surface area contributed by atoms with E-state index in [2.05, 4.69) is 65.8 Å². The first-order chi connectivity index (χ1) is 18.4. The van der Waals surface area contributed by atoms with E-state index in [1.165, 1.54) is 0 Å². The topological polar surface area (TPSA) is 122 Å². The zero-order chi connectivity index (χ0) is 27.2. The maximum absolute atomic E-state index is 13.3. The number of likely N-dealkylation sites (N-methyl/N-ethyl adjacent to an activating group) is 1. The van der Waals surface area contributed by atoms with Gasteiger partial charge in [-0.15, -0.1) is 0 Å². The van der Waals surface area contributed by atoms with Gasteiger partial charge >= 0.3 is 0 Å². The lowest BCUT2D eigenvalue weighted by Gasteiger charge is -2.28. The van der Waals surface area contributed by atoms with E-state index in [9.17, 15) is 9.59 Å². The van der Waals surface area contributed by atoms with E-state index in [4.69, 9.17) is 10.5 Å². The molecule has 3 heterocycles. The second-order valence-corrected chi connectivity index (χ2v) is 9.96. The Hall–Kier alpha value is -2.84. The lowest BCUT2D eigenvalue weighted by molar-refractivity contribution is -0.676. The second-order valence-electron chi connectivity index (χ2n) is 9.20. The van der Waals surface area contributed by atoms with Crippen LogP contribution in [0.2, 0.25) is 0 Å². The molecule has 4 rings (SSSR count). The highest BCUT2D eigenvalue weighted by Crippen LogP contribution is 2.19. The van der Waals surface area contributed by atoms with Crippen LogP contribution in [-0.4, -0.2) is 82.6 Å². The molecule has 1 aliphatic rings. The number of anilines is 1. The molecule has 0 spiro atoms. The van der Waals surface area contributed by atoms with E-state index >= 15 is 0 Å². The van der Waals surface area contributed by atoms with Crippen LogP contribution >= 0.6 is 22.6 Å². The number of fused-ring (bicyclic) bond motifs is 1. The van der Waals surface area contributed by atoms with Crippen molar-refractivity contribution in [1.82, 2.24) is 29.7 Å². The van der Waals surface area contributed by atoms with Crippen LogP contribution in [0.1, 0.15) is 46.2 Å². The molecule has 0 aliphatic carbocycles. The summed E-state index contributed by atoms with van der Waals surface area (Å²) in [6.45, 7) is 10.6. The summed E-state index contributed by atoms with van der Waals surface area (Å²) in [5.41, 5.74) is 9.37. The predicted octanol–water partition coefficient (Wildman–Crippen LogP) is 1.61. The number of nitrogens with zero attached hydrogens (tertiary/aromatic N) is 6. The molecule has 3 N–H and O–H groups in total. The van der Waals surface area contributed by atoms with Crippen LogP contribution in [-0.2, 0) is 28.8 Å². The zero-order valence-corrected chi connectivity index (χ0v) is 24.4. The molecule has 1 aromatic carbocycles. The monoisotopic (exact) mass is 635 g/mol. The number of amides is 2. The van der Waals surface area contributed by atoms with Gasteiger partial charge in [0.2, 0.25) is 0 Å². The predicted molar refractivity (Wildman–Crippen MR) is 153 cm³/mol. The van der Waals surface area contributed by atoms with Crippen LogP contribution in [0.25, 0.3) is 11.0 Å². The maximum atomic E-state index is 13.3. The Labute approximate surface area is 236 Å². The van der Waals surface area contributed by atoms with Gasteiger partial charge < -0.3 is 20.7 Å². The van der Waals surface area contributed by atoms with Crippen molar-refractivity contribution in [3.05, 3.63) is 47.2 Å². The van der Waals surface area contributed by atoms with E-state index < -0.39 is 0 Å². The molecule has 3 aromatic rings. The minimum absolute atomic E-state index is 0.00823. The number of morpholine rings is 1. The number of aryl methyl sites for hydroxylation is 2. The van der Waals surface area contributed by atoms with E-state index in [0.717, 1.165) is 49.7 Å². The third kappa shape index (κ3) is 6.07. The molecular weight excluding hydrogens is 599 g/mol. The number of benzene rings is 1. The van der Waals surface area contributed by atoms with Crippen molar-refractivity contribution in [2.24, 2.45) is 0 Å². The first kappa shape index (κ1) is 28.2. The Bertz CT molecular complexity index is 1310. The van der Waals surface area contributed by atoms with Crippen LogP contribution in [0.3, 0.4) is 0 Å². The van der Waals surface area contributed by atoms with E-state index in [0.29, 0.717) is 35.3 Å². The second kappa shape index (κ2) is 12.8. The van der Waals surface area contributed by atoms with Gasteiger partial charge in [-0.1, -0.05) is 22.6 Å². The zero-order valence-electron chi connectivity index (χ0n) is 22.2. The minimum atomic E-state index is -0.366. The van der Waals surface area contributed by atoms with Gasteiger partial charge in [0.05, 0.1) is 38.2 Å². The number of nitrogen functional groups attached to an aromatic ring is 1. The third-order valence-corrected chi connectivity index (χ3v) is 7.65. The summed E-state index contributed by atoms with van der Waals surface area (Å²) in [6.07, 6.45) is 1.58. The fraction of sp³-hybridized carbons (Fsp3) is 0.500. The number of hydrogen-bond donors (Lipinski definition) is 2. The van der Waals surface area contributed by atoms with Crippen LogP contribution < -0.4 is 15.6 Å². The molecular formula is C26H36IN8O3+. The van der Waals surface area contributed by atoms with Gasteiger partial charge in [-0.3, -0.25) is 14.5 Å². The van der Waals surface area contributed by atoms with Gasteiger partial charge in [-0.05, 0) is 26.0 Å². The molecule has 2 aromatic heterocycles. The van der Waals surface area contributed by atoms with Crippen molar-refractivity contribution in [2.75, 3.05) is 52.2 Å². The maximum Gasteiger partial charge on any atom is 0.277 e. The Balaban J connectivity index is 1.54. The van der Waals surface area contributed by atoms with Crippen molar-refractivity contribution in [2.45, 2.75) is 37.9 Å². The smallest absolute Gasteiger partial charge is 0.277 e. The van der Waals surface area contributed by atoms with Gasteiger partial charge in [0.25, 0.3) is 17.6 Å². The summed E-state index contributed by atoms with van der Waals surface area (Å²) in [5, 5.41) is 2.97. The molecule has 0 radical (unpaired) electrons. The lowest BCUT2D eigenvalue weighted by atomic mass is 10.1. The number of aromatic nitrogens is 4. The van der Waals surface area contributed by atoms with Gasteiger partial charge in [-0.25, -0.2) is 19.1 Å². The summed E-state index contributed by atoms with van der Waals surface area (Å²) in [6, 6.07) is 5.83. The standard InChI is InChI=1S/C26H35IN8O3/c1-4-34-20-7-6-18(26(37)32(3)8-9-33-10-12-38-13-11-33)14-21(20)35(5-2)22(34)17-30-25(36)23-24(28)29-16-19(15-27)31-23/h6-7,14,16H,4-5,8-13,15,17H2,1-3H3,(H2-,28,29,30,36)/p+1. The number of carbonyl (C=O) groups is 2. The van der Waals surface area contributed by atoms with E-state index in [1.807, 2.05) is 25.2 Å². The quantitative estimate of drug-likeness (QED) is 0.197. The van der Waals surface area contributed by atoms with E-state index in [1.54, 1.807) is 11.1 Å². The van der Waals surface area contributed by atoms with Crippen molar-refractivity contribution in [3.8, 4) is 0 Å². The molecule has 1 saturated heterocycles. The average molecular weight is 636 g/mol. The first-order valence-corrected chi connectivity index (χ1v) is 14.5. The normalized spacial score (nSPS) is 14.1. The number of halogens is 1. The fourth-order valence-corrected chi connectivity index (χ4v) is 5.14. The number of ether oxygens (including phenoxy) is 1. The Morgan fingerprint density at radius 3 is 2.71 bits per heavy atom. The van der Waals surface area contributed by atoms with Crippen molar-refractivity contribution in [1.29, 1.82) is 0 Å². The van der Waals surface area contributed by atoms with Gasteiger partial charge in [0.1, 0.15) is 6.54 Å². The molecule has 2 amide bonds. The Kier molecular flexibility index (Phi) is 9.49. The molecule has 11 nitrogen and oxygen atoms in total. The number of alkyl halides is 1. The van der Waals surface area contributed by atoms with Crippen LogP contribution in [0.15, 0.2) is 24.4 Å². The van der Waals surface area contributed by atoms with Gasteiger partial charge in [0.15, 0.2) is 22.5 Å². The summed E-state index contributed by atoms with van der Waals surface area (Å²) in [7, 11) is 1.85. The highest BCUT2D eigenvalue weighted by molar-refractivity contribution is 14.1.